The molecule has 0 amide bonds. The molecule has 2 unspecified atom stereocenters. The first kappa shape index (κ1) is 46.3. The van der Waals surface area contributed by atoms with Crippen LogP contribution in [-0.4, -0.2) is 172 Å². The van der Waals surface area contributed by atoms with Gasteiger partial charge in [0.15, 0.2) is 11.3 Å². The molecular weight excluding hydrogens is 720 g/mol. The van der Waals surface area contributed by atoms with Gasteiger partial charge in [-0.15, -0.1) is 0 Å². The van der Waals surface area contributed by atoms with Gasteiger partial charge in [-0.05, 0) is 111 Å². The second-order valence-electron chi connectivity index (χ2n) is 22.7. The minimum absolute atomic E-state index is 0.0328. The van der Waals surface area contributed by atoms with Gasteiger partial charge in [-0.2, -0.15) is 0 Å². The van der Waals surface area contributed by atoms with Crippen molar-refractivity contribution in [1.82, 2.24) is 40.9 Å². The highest BCUT2D eigenvalue weighted by molar-refractivity contribution is 5.94. The van der Waals surface area contributed by atoms with Crippen molar-refractivity contribution in [3.63, 3.8) is 0 Å². The molecule has 4 aliphatic rings. The number of hydrogen-bond acceptors (Lipinski definition) is 12. The van der Waals surface area contributed by atoms with Crippen LogP contribution in [-0.2, 0) is 19.2 Å². The van der Waals surface area contributed by atoms with Gasteiger partial charge in [0.1, 0.15) is 11.8 Å². The highest BCUT2D eigenvalue weighted by Gasteiger charge is 2.73. The minimum atomic E-state index is -2.55. The standard InChI is InChI=1S/C40H74N8O8/c1-31(2)17-45(18-32(3,4)41-31)39(29(53)54,46-19-33(5,6)42-34(7,8)20-46)25(27(49)50)26(28(51)52)40(30(55)56,47-21-35(9,10)43-36(11,12)22-47)48-23-37(13,14)44-38(15,16)24-48/h25-26,41-44H,17-24H2,1-16H3,(H,49,50)(H,51,52)(H,53,54)(H,55,56). The van der Waals surface area contributed by atoms with Gasteiger partial charge in [0.25, 0.3) is 0 Å². The number of aliphatic carboxylic acids is 4. The highest BCUT2D eigenvalue weighted by Crippen LogP contribution is 2.49. The lowest BCUT2D eigenvalue weighted by molar-refractivity contribution is -0.234. The third-order valence-electron chi connectivity index (χ3n) is 11.7. The summed E-state index contributed by atoms with van der Waals surface area (Å²) in [6.45, 7) is 30.7. The molecule has 4 saturated heterocycles. The number of piperazine rings is 4. The molecule has 0 bridgehead atoms. The number of carbonyl (C=O) groups is 4. The van der Waals surface area contributed by atoms with E-state index >= 15 is 0 Å². The number of carboxylic acid groups (broad SMARTS) is 4. The van der Waals surface area contributed by atoms with Gasteiger partial charge in [0.05, 0.1) is 0 Å². The highest BCUT2D eigenvalue weighted by atomic mass is 16.4. The summed E-state index contributed by atoms with van der Waals surface area (Å²) in [6, 6.07) is 0. The molecule has 2 atom stereocenters. The first-order valence-corrected chi connectivity index (χ1v) is 20.0. The Morgan fingerprint density at radius 1 is 0.375 bits per heavy atom. The molecule has 4 fully saturated rings. The first-order valence-electron chi connectivity index (χ1n) is 20.0. The smallest absolute Gasteiger partial charge is 0.340 e. The Kier molecular flexibility index (Phi) is 11.6. The van der Waals surface area contributed by atoms with Crippen LogP contribution in [0.25, 0.3) is 0 Å². The molecule has 0 aliphatic carbocycles. The average Bonchev–Trinajstić information content (AvgIpc) is 2.87. The van der Waals surface area contributed by atoms with Crippen LogP contribution in [0.5, 0.6) is 0 Å². The van der Waals surface area contributed by atoms with Crippen LogP contribution >= 0.6 is 0 Å². The summed E-state index contributed by atoms with van der Waals surface area (Å²) in [7, 11) is 0. The van der Waals surface area contributed by atoms with Crippen LogP contribution in [0.4, 0.5) is 0 Å². The predicted octanol–water partition coefficient (Wildman–Crippen LogP) is 1.80. The van der Waals surface area contributed by atoms with Crippen molar-refractivity contribution in [2.24, 2.45) is 11.8 Å². The quantitative estimate of drug-likeness (QED) is 0.150. The van der Waals surface area contributed by atoms with Crippen LogP contribution in [0.2, 0.25) is 0 Å². The largest absolute Gasteiger partial charge is 0.481 e. The van der Waals surface area contributed by atoms with E-state index in [4.69, 9.17) is 0 Å². The predicted molar refractivity (Wildman–Crippen MR) is 214 cm³/mol. The fourth-order valence-corrected chi connectivity index (χ4v) is 12.1. The van der Waals surface area contributed by atoms with Gasteiger partial charge in [0, 0.05) is 96.7 Å². The molecule has 16 nitrogen and oxygen atoms in total. The summed E-state index contributed by atoms with van der Waals surface area (Å²) >= 11 is 0. The van der Waals surface area contributed by atoms with Crippen LogP contribution in [0, 0.1) is 11.8 Å². The number of carboxylic acids is 4. The molecule has 0 aromatic heterocycles. The Morgan fingerprint density at radius 3 is 0.625 bits per heavy atom. The van der Waals surface area contributed by atoms with E-state index in [1.165, 1.54) is 0 Å². The fourth-order valence-electron chi connectivity index (χ4n) is 12.1. The van der Waals surface area contributed by atoms with E-state index in [2.05, 4.69) is 21.3 Å². The van der Waals surface area contributed by atoms with Crippen molar-refractivity contribution in [2.75, 3.05) is 52.4 Å². The first-order chi connectivity index (χ1) is 24.9. The van der Waals surface area contributed by atoms with Crippen LogP contribution < -0.4 is 21.3 Å². The molecule has 4 rings (SSSR count). The van der Waals surface area contributed by atoms with E-state index < -0.39 is 91.4 Å². The normalized spacial score (nSPS) is 28.8. The molecule has 0 aromatic carbocycles. The molecule has 0 radical (unpaired) electrons. The minimum Gasteiger partial charge on any atom is -0.481 e. The van der Waals surface area contributed by atoms with Crippen LogP contribution in [0.15, 0.2) is 0 Å². The van der Waals surface area contributed by atoms with Crippen LogP contribution in [0.1, 0.15) is 111 Å². The van der Waals surface area contributed by atoms with Gasteiger partial charge in [0.2, 0.25) is 0 Å². The Balaban J connectivity index is 2.25. The summed E-state index contributed by atoms with van der Waals surface area (Å²) in [6.07, 6.45) is 0. The molecule has 322 valence electrons. The summed E-state index contributed by atoms with van der Waals surface area (Å²) in [4.78, 5) is 65.4. The topological polar surface area (TPSA) is 210 Å². The maximum Gasteiger partial charge on any atom is 0.340 e. The molecule has 4 aliphatic heterocycles. The Labute approximate surface area is 334 Å². The maximum atomic E-state index is 14.8. The summed E-state index contributed by atoms with van der Waals surface area (Å²) in [5, 5.41) is 62.0. The molecule has 0 spiro atoms. The number of rotatable bonds is 11. The van der Waals surface area contributed by atoms with Crippen molar-refractivity contribution >= 4 is 23.9 Å². The zero-order chi connectivity index (χ0) is 43.3. The molecule has 4 heterocycles. The second kappa shape index (κ2) is 14.1. The average molecular weight is 795 g/mol. The van der Waals surface area contributed by atoms with Gasteiger partial charge in [-0.3, -0.25) is 29.2 Å². The number of nitrogens with zero attached hydrogens (tertiary/aromatic N) is 4. The van der Waals surface area contributed by atoms with Crippen molar-refractivity contribution in [1.29, 1.82) is 0 Å². The number of hydrogen-bond donors (Lipinski definition) is 8. The van der Waals surface area contributed by atoms with Gasteiger partial charge < -0.3 is 41.7 Å². The third kappa shape index (κ3) is 8.92. The van der Waals surface area contributed by atoms with Crippen molar-refractivity contribution in [2.45, 2.75) is 166 Å². The lowest BCUT2D eigenvalue weighted by atomic mass is 9.68. The SMILES string of the molecule is CC1(C)CN(C(C(=O)O)(C(C(=O)O)C(C(=O)O)C(C(=O)O)(N2CC(C)(C)NC(C)(C)C2)N2CC(C)(C)NC(C)(C)C2)N2CC(C)(C)NC(C)(C)C2)CC(C)(C)N1. The summed E-state index contributed by atoms with van der Waals surface area (Å²) < 4.78 is 0. The van der Waals surface area contributed by atoms with E-state index in [0.29, 0.717) is 0 Å². The number of nitrogens with one attached hydrogen (secondary N) is 4. The molecule has 16 heteroatoms. The molecule has 56 heavy (non-hydrogen) atoms. The lowest BCUT2D eigenvalue weighted by Crippen LogP contribution is -2.87. The molecule has 8 N–H and O–H groups in total. The van der Waals surface area contributed by atoms with E-state index in [-0.39, 0.29) is 52.4 Å². The summed E-state index contributed by atoms with van der Waals surface area (Å²) in [5.74, 6) is -11.1. The monoisotopic (exact) mass is 795 g/mol. The molecular formula is C40H74N8O8. The van der Waals surface area contributed by atoms with Gasteiger partial charge >= 0.3 is 23.9 Å². The van der Waals surface area contributed by atoms with E-state index in [1.807, 2.05) is 111 Å². The van der Waals surface area contributed by atoms with Gasteiger partial charge in [-0.25, -0.2) is 9.59 Å². The van der Waals surface area contributed by atoms with Crippen molar-refractivity contribution in [3.05, 3.63) is 0 Å². The lowest BCUT2D eigenvalue weighted by Gasteiger charge is -2.65. The fraction of sp³-hybridized carbons (Fsp3) is 0.900. The second-order valence-corrected chi connectivity index (χ2v) is 22.7. The maximum absolute atomic E-state index is 14.8. The van der Waals surface area contributed by atoms with E-state index in [9.17, 15) is 39.6 Å². The third-order valence-corrected chi connectivity index (χ3v) is 11.7. The van der Waals surface area contributed by atoms with Crippen LogP contribution in [0.3, 0.4) is 0 Å². The molecule has 0 saturated carbocycles. The Bertz CT molecular complexity index is 1320. The van der Waals surface area contributed by atoms with Gasteiger partial charge in [-0.1, -0.05) is 0 Å². The van der Waals surface area contributed by atoms with Crippen molar-refractivity contribution < 1.29 is 39.6 Å². The zero-order valence-corrected chi connectivity index (χ0v) is 37.0. The van der Waals surface area contributed by atoms with Crippen molar-refractivity contribution in [3.8, 4) is 0 Å². The van der Waals surface area contributed by atoms with E-state index in [1.54, 1.807) is 19.6 Å². The Morgan fingerprint density at radius 2 is 0.518 bits per heavy atom. The molecule has 0 aromatic rings. The Hall–Kier alpha value is -2.44. The summed E-state index contributed by atoms with van der Waals surface area (Å²) in [5.41, 5.74) is -11.2. The van der Waals surface area contributed by atoms with E-state index in [0.717, 1.165) is 0 Å². The zero-order valence-electron chi connectivity index (χ0n) is 37.0.